The second kappa shape index (κ2) is 5.97. The highest BCUT2D eigenvalue weighted by Crippen LogP contribution is 2.24. The van der Waals surface area contributed by atoms with Crippen molar-refractivity contribution in [3.05, 3.63) is 46.6 Å². The van der Waals surface area contributed by atoms with Crippen molar-refractivity contribution in [3.8, 4) is 0 Å². The number of hydrogen-bond acceptors (Lipinski definition) is 4. The first-order valence-electron chi connectivity index (χ1n) is 6.31. The summed E-state index contributed by atoms with van der Waals surface area (Å²) < 4.78 is 0. The van der Waals surface area contributed by atoms with Gasteiger partial charge in [-0.1, -0.05) is 18.5 Å². The lowest BCUT2D eigenvalue weighted by atomic mass is 10.1. The third-order valence-electron chi connectivity index (χ3n) is 3.01. The molecule has 0 fully saturated rings. The fourth-order valence-electron chi connectivity index (χ4n) is 1.77. The Kier molecular flexibility index (Phi) is 4.32. The van der Waals surface area contributed by atoms with Crippen LogP contribution in [0.25, 0.3) is 0 Å². The molecule has 2 aromatic rings. The van der Waals surface area contributed by atoms with Crippen LogP contribution in [-0.4, -0.2) is 15.0 Å². The molecule has 0 spiro atoms. The van der Waals surface area contributed by atoms with Crippen molar-refractivity contribution in [2.24, 2.45) is 0 Å². The molecular formula is C14H17ClN4. The molecule has 19 heavy (non-hydrogen) atoms. The van der Waals surface area contributed by atoms with E-state index in [2.05, 4.69) is 27.2 Å². The molecule has 5 heteroatoms. The van der Waals surface area contributed by atoms with E-state index in [4.69, 9.17) is 11.6 Å². The standard InChI is InChI=1S/C14H17ClN4/c1-4-12-18-13(15)9(2)14(19-12)17-10(3)11-5-7-16-8-6-11/h5-8,10H,4H2,1-3H3,(H,17,18,19). The van der Waals surface area contributed by atoms with Crippen LogP contribution in [0.1, 0.15) is 36.8 Å². The van der Waals surface area contributed by atoms with Gasteiger partial charge in [-0.05, 0) is 31.5 Å². The van der Waals surface area contributed by atoms with Crippen LogP contribution in [0.2, 0.25) is 5.15 Å². The summed E-state index contributed by atoms with van der Waals surface area (Å²) in [7, 11) is 0. The zero-order valence-corrected chi connectivity index (χ0v) is 12.1. The maximum Gasteiger partial charge on any atom is 0.137 e. The van der Waals surface area contributed by atoms with Crippen LogP contribution in [0.5, 0.6) is 0 Å². The van der Waals surface area contributed by atoms with Gasteiger partial charge in [-0.15, -0.1) is 0 Å². The van der Waals surface area contributed by atoms with Crippen molar-refractivity contribution in [2.75, 3.05) is 5.32 Å². The van der Waals surface area contributed by atoms with Crippen molar-refractivity contribution in [1.29, 1.82) is 0 Å². The molecule has 0 saturated heterocycles. The molecule has 0 saturated carbocycles. The first-order chi connectivity index (χ1) is 9.11. The van der Waals surface area contributed by atoms with Crippen molar-refractivity contribution < 1.29 is 0 Å². The lowest BCUT2D eigenvalue weighted by Crippen LogP contribution is -2.11. The lowest BCUT2D eigenvalue weighted by Gasteiger charge is -2.17. The summed E-state index contributed by atoms with van der Waals surface area (Å²) >= 11 is 6.13. The van der Waals surface area contributed by atoms with E-state index in [1.54, 1.807) is 12.4 Å². The third-order valence-corrected chi connectivity index (χ3v) is 3.38. The first-order valence-corrected chi connectivity index (χ1v) is 6.69. The number of anilines is 1. The molecule has 1 atom stereocenters. The van der Waals surface area contributed by atoms with Gasteiger partial charge in [-0.3, -0.25) is 4.98 Å². The van der Waals surface area contributed by atoms with Crippen LogP contribution >= 0.6 is 11.6 Å². The van der Waals surface area contributed by atoms with Gasteiger partial charge in [0.05, 0.1) is 6.04 Å². The van der Waals surface area contributed by atoms with E-state index >= 15 is 0 Å². The Balaban J connectivity index is 2.26. The molecule has 0 aliphatic heterocycles. The smallest absolute Gasteiger partial charge is 0.137 e. The minimum absolute atomic E-state index is 0.136. The minimum atomic E-state index is 0.136. The molecule has 0 aromatic carbocycles. The molecular weight excluding hydrogens is 260 g/mol. The zero-order valence-electron chi connectivity index (χ0n) is 11.3. The number of halogens is 1. The Labute approximate surface area is 118 Å². The van der Waals surface area contributed by atoms with E-state index in [9.17, 15) is 0 Å². The topological polar surface area (TPSA) is 50.7 Å². The number of aryl methyl sites for hydroxylation is 1. The van der Waals surface area contributed by atoms with Crippen LogP contribution in [0.15, 0.2) is 24.5 Å². The monoisotopic (exact) mass is 276 g/mol. The van der Waals surface area contributed by atoms with Crippen LogP contribution < -0.4 is 5.32 Å². The van der Waals surface area contributed by atoms with Gasteiger partial charge in [0, 0.05) is 24.4 Å². The van der Waals surface area contributed by atoms with E-state index in [0.717, 1.165) is 29.2 Å². The van der Waals surface area contributed by atoms with Gasteiger partial charge < -0.3 is 5.32 Å². The highest BCUT2D eigenvalue weighted by molar-refractivity contribution is 6.30. The lowest BCUT2D eigenvalue weighted by molar-refractivity contribution is 0.849. The average molecular weight is 277 g/mol. The fourth-order valence-corrected chi connectivity index (χ4v) is 1.96. The Morgan fingerprint density at radius 3 is 2.58 bits per heavy atom. The van der Waals surface area contributed by atoms with E-state index < -0.39 is 0 Å². The molecule has 100 valence electrons. The SMILES string of the molecule is CCc1nc(Cl)c(C)c(NC(C)c2ccncc2)n1. The molecule has 2 aromatic heterocycles. The summed E-state index contributed by atoms with van der Waals surface area (Å²) in [5.74, 6) is 1.54. The molecule has 0 radical (unpaired) electrons. The van der Waals surface area contributed by atoms with Crippen molar-refractivity contribution in [3.63, 3.8) is 0 Å². The number of pyridine rings is 1. The van der Waals surface area contributed by atoms with Gasteiger partial charge in [0.1, 0.15) is 16.8 Å². The number of nitrogens with one attached hydrogen (secondary N) is 1. The molecule has 0 bridgehead atoms. The summed E-state index contributed by atoms with van der Waals surface area (Å²) in [6.07, 6.45) is 4.33. The Morgan fingerprint density at radius 1 is 1.26 bits per heavy atom. The molecule has 1 N–H and O–H groups in total. The average Bonchev–Trinajstić information content (AvgIpc) is 2.44. The van der Waals surface area contributed by atoms with Crippen LogP contribution in [0.4, 0.5) is 5.82 Å². The number of hydrogen-bond donors (Lipinski definition) is 1. The summed E-state index contributed by atoms with van der Waals surface area (Å²) in [6, 6.07) is 4.10. The maximum atomic E-state index is 6.13. The fraction of sp³-hybridized carbons (Fsp3) is 0.357. The minimum Gasteiger partial charge on any atom is -0.363 e. The number of rotatable bonds is 4. The molecule has 4 nitrogen and oxygen atoms in total. The Morgan fingerprint density at radius 2 is 1.95 bits per heavy atom. The maximum absolute atomic E-state index is 6.13. The molecule has 2 heterocycles. The summed E-state index contributed by atoms with van der Waals surface area (Å²) in [6.45, 7) is 6.01. The van der Waals surface area contributed by atoms with Crippen molar-refractivity contribution >= 4 is 17.4 Å². The number of nitrogens with zero attached hydrogens (tertiary/aromatic N) is 3. The van der Waals surface area contributed by atoms with Gasteiger partial charge in [0.15, 0.2) is 0 Å². The van der Waals surface area contributed by atoms with Gasteiger partial charge in [0.25, 0.3) is 0 Å². The second-order valence-corrected chi connectivity index (χ2v) is 4.76. The largest absolute Gasteiger partial charge is 0.363 e. The van der Waals surface area contributed by atoms with Crippen LogP contribution in [0, 0.1) is 6.92 Å². The van der Waals surface area contributed by atoms with Gasteiger partial charge in [-0.2, -0.15) is 0 Å². The van der Waals surface area contributed by atoms with E-state index in [0.29, 0.717) is 5.15 Å². The van der Waals surface area contributed by atoms with Gasteiger partial charge in [-0.25, -0.2) is 9.97 Å². The molecule has 0 amide bonds. The van der Waals surface area contributed by atoms with Crippen molar-refractivity contribution in [1.82, 2.24) is 15.0 Å². The highest BCUT2D eigenvalue weighted by atomic mass is 35.5. The van der Waals surface area contributed by atoms with E-state index in [1.807, 2.05) is 26.0 Å². The zero-order chi connectivity index (χ0) is 13.8. The highest BCUT2D eigenvalue weighted by Gasteiger charge is 2.12. The Bertz CT molecular complexity index is 557. The van der Waals surface area contributed by atoms with E-state index in [1.165, 1.54) is 0 Å². The predicted molar refractivity (Wildman–Crippen MR) is 77.4 cm³/mol. The van der Waals surface area contributed by atoms with E-state index in [-0.39, 0.29) is 6.04 Å². The summed E-state index contributed by atoms with van der Waals surface area (Å²) in [5, 5.41) is 3.89. The Hall–Kier alpha value is -1.68. The predicted octanol–water partition coefficient (Wildman–Crippen LogP) is 3.57. The van der Waals surface area contributed by atoms with Crippen LogP contribution in [0.3, 0.4) is 0 Å². The van der Waals surface area contributed by atoms with Gasteiger partial charge in [0.2, 0.25) is 0 Å². The van der Waals surface area contributed by atoms with Crippen molar-refractivity contribution in [2.45, 2.75) is 33.2 Å². The second-order valence-electron chi connectivity index (χ2n) is 4.40. The summed E-state index contributed by atoms with van der Waals surface area (Å²) in [4.78, 5) is 12.8. The number of aromatic nitrogens is 3. The molecule has 0 aliphatic carbocycles. The quantitative estimate of drug-likeness (QED) is 0.868. The molecule has 2 rings (SSSR count). The molecule has 0 aliphatic rings. The molecule has 1 unspecified atom stereocenters. The first kappa shape index (κ1) is 13.7. The van der Waals surface area contributed by atoms with Crippen LogP contribution in [-0.2, 0) is 6.42 Å². The summed E-state index contributed by atoms with van der Waals surface area (Å²) in [5.41, 5.74) is 2.03. The third kappa shape index (κ3) is 3.20. The van der Waals surface area contributed by atoms with Gasteiger partial charge >= 0.3 is 0 Å². The normalized spacial score (nSPS) is 12.2.